The van der Waals surface area contributed by atoms with Crippen molar-refractivity contribution in [1.29, 1.82) is 0 Å². The van der Waals surface area contributed by atoms with E-state index in [1.54, 1.807) is 42.5 Å². The summed E-state index contributed by atoms with van der Waals surface area (Å²) in [7, 11) is -3.70. The monoisotopic (exact) mass is 1390 g/mol. The van der Waals surface area contributed by atoms with Gasteiger partial charge in [-0.25, -0.2) is 21.6 Å². The van der Waals surface area contributed by atoms with E-state index in [1.807, 2.05) is 60.7 Å². The second-order valence-electron chi connectivity index (χ2n) is 25.0. The van der Waals surface area contributed by atoms with Gasteiger partial charge in [-0.1, -0.05) is 109 Å². The third kappa shape index (κ3) is 23.5. The average molecular weight is 1390 g/mol. The van der Waals surface area contributed by atoms with Crippen LogP contribution in [0.5, 0.6) is 17.2 Å². The number of nitrogens with one attached hydrogen (secondary N) is 1. The van der Waals surface area contributed by atoms with Crippen LogP contribution < -0.4 is 11.1 Å². The van der Waals surface area contributed by atoms with Crippen LogP contribution in [0.3, 0.4) is 0 Å². The first kappa shape index (κ1) is 75.1. The normalized spacial score (nSPS) is 14.4. The standard InChI is InChI=1S/C31H39F6NO3S.C23H26BrFO.C23H28FNO/c32-25-13-11-23(12-14-25)27-10-5-8-24-22-26(39)15-16-28(24)29(27)9-3-1-2-4-18-38-19-7-21-42(40,41)20-6-17-30(33,34)31(35,36)37;24-15-4-2-1-3-7-23-21(17-9-11-19(25)12-10-17)8-5-6-18-16-20(26)13-14-22(18)23;24-19-11-9-17(10-12-19)21-8-5-6-18-16-20(26)13-14-22(18)23(21)7-3-1-2-4-15-25/h11-16,22,38-39H,1-10,17-21H2;9-14,16,26H,1-8,15H2;9-14,16,26H,1-8,15,25H2. The number of aromatic hydroxyl groups is 3. The molecule has 0 fully saturated rings. The first-order valence-electron chi connectivity index (χ1n) is 33.7. The molecule has 7 nitrogen and oxygen atoms in total. The first-order valence-corrected chi connectivity index (χ1v) is 36.6. The fraction of sp³-hybridized carbons (Fsp3) is 0.455. The van der Waals surface area contributed by atoms with Crippen molar-refractivity contribution >= 4 is 59.2 Å². The van der Waals surface area contributed by atoms with E-state index in [9.17, 15) is 58.9 Å². The zero-order valence-corrected chi connectivity index (χ0v) is 56.4. The Balaban J connectivity index is 0.000000209. The highest BCUT2D eigenvalue weighted by Gasteiger charge is 2.56. The van der Waals surface area contributed by atoms with Gasteiger partial charge in [0.2, 0.25) is 0 Å². The summed E-state index contributed by atoms with van der Waals surface area (Å²) in [5.41, 5.74) is 23.9. The van der Waals surface area contributed by atoms with Gasteiger partial charge in [-0.15, -0.1) is 0 Å². The van der Waals surface area contributed by atoms with Crippen LogP contribution in [-0.4, -0.2) is 72.3 Å². The number of aryl methyl sites for hydroxylation is 3. The number of nitrogens with two attached hydrogens (primary N) is 1. The van der Waals surface area contributed by atoms with Gasteiger partial charge >= 0.3 is 12.1 Å². The van der Waals surface area contributed by atoms with Crippen LogP contribution in [0.4, 0.5) is 35.1 Å². The molecule has 0 spiro atoms. The van der Waals surface area contributed by atoms with E-state index in [1.165, 1.54) is 93.5 Å². The molecule has 6 aromatic carbocycles. The Morgan fingerprint density at radius 1 is 0.426 bits per heavy atom. The summed E-state index contributed by atoms with van der Waals surface area (Å²) in [4.78, 5) is 0. The SMILES string of the molecule is NCCCCCCC1=C(c2ccc(F)cc2)CCCc2cc(O)ccc21.O=S(=O)(CCCNCCCCCCC1=C(c2ccc(F)cc2)CCCc2cc(O)ccc21)CCCC(F)(F)C(F)(F)F.Oc1ccc2c(c1)CCCC(c1ccc(F)cc1)=C2CCCCCCBr. The van der Waals surface area contributed by atoms with Crippen molar-refractivity contribution in [1.82, 2.24) is 5.32 Å². The molecule has 0 radical (unpaired) electrons. The van der Waals surface area contributed by atoms with Gasteiger partial charge in [-0.2, -0.15) is 22.0 Å². The van der Waals surface area contributed by atoms with Crippen molar-refractivity contribution in [2.24, 2.45) is 5.73 Å². The van der Waals surface area contributed by atoms with Gasteiger partial charge in [0.25, 0.3) is 0 Å². The summed E-state index contributed by atoms with van der Waals surface area (Å²) in [6.45, 7) is 1.85. The van der Waals surface area contributed by atoms with E-state index in [0.717, 1.165) is 168 Å². The molecule has 0 heterocycles. The zero-order chi connectivity index (χ0) is 67.5. The lowest BCUT2D eigenvalue weighted by molar-refractivity contribution is -0.284. The molecule has 3 aliphatic rings. The van der Waals surface area contributed by atoms with E-state index in [2.05, 4.69) is 33.4 Å². The molecule has 0 unspecified atom stereocenters. The van der Waals surface area contributed by atoms with Gasteiger partial charge in [-0.05, 0) is 304 Å². The van der Waals surface area contributed by atoms with E-state index in [0.29, 0.717) is 24.6 Å². The second kappa shape index (κ2) is 37.9. The Bertz CT molecular complexity index is 3420. The molecule has 0 aromatic heterocycles. The minimum absolute atomic E-state index is 0.190. The summed E-state index contributed by atoms with van der Waals surface area (Å²) in [6.07, 6.45) is 17.0. The topological polar surface area (TPSA) is 133 Å². The van der Waals surface area contributed by atoms with Gasteiger partial charge in [0.15, 0.2) is 0 Å². The summed E-state index contributed by atoms with van der Waals surface area (Å²) in [6, 6.07) is 37.4. The maximum atomic E-state index is 13.6. The highest BCUT2D eigenvalue weighted by atomic mass is 79.9. The number of fused-ring (bicyclic) bond motifs is 3. The molecule has 0 saturated heterocycles. The fourth-order valence-corrected chi connectivity index (χ4v) is 14.8. The van der Waals surface area contributed by atoms with Gasteiger partial charge in [0.05, 0.1) is 11.5 Å². The highest BCUT2D eigenvalue weighted by Crippen LogP contribution is 2.44. The van der Waals surface area contributed by atoms with Crippen molar-refractivity contribution in [2.75, 3.05) is 36.5 Å². The molecule has 6 N–H and O–H groups in total. The number of phenolic OH excluding ortho intramolecular Hbond substituents is 3. The number of unbranched alkanes of at least 4 members (excludes halogenated alkanes) is 9. The fourth-order valence-electron chi connectivity index (χ4n) is 13.1. The molecule has 3 aliphatic carbocycles. The molecular formula is C77H93BrF8N2O5S. The number of sulfone groups is 1. The maximum Gasteiger partial charge on any atom is 0.453 e. The average Bonchev–Trinajstić information content (AvgIpc) is 1.56. The molecule has 0 bridgehead atoms. The van der Waals surface area contributed by atoms with Gasteiger partial charge in [0, 0.05) is 11.8 Å². The number of benzene rings is 6. The molecule has 0 saturated carbocycles. The van der Waals surface area contributed by atoms with Crippen molar-refractivity contribution < 1.29 is 58.9 Å². The number of alkyl halides is 6. The Hall–Kier alpha value is -6.27. The molecule has 0 atom stereocenters. The van der Waals surface area contributed by atoms with Crippen LogP contribution in [0, 0.1) is 17.5 Å². The number of hydrogen-bond donors (Lipinski definition) is 5. The predicted octanol–water partition coefficient (Wildman–Crippen LogP) is 20.9. The predicted molar refractivity (Wildman–Crippen MR) is 371 cm³/mol. The van der Waals surface area contributed by atoms with Gasteiger partial charge in [0.1, 0.15) is 44.5 Å². The van der Waals surface area contributed by atoms with Gasteiger partial charge < -0.3 is 26.4 Å². The second-order valence-corrected chi connectivity index (χ2v) is 28.1. The van der Waals surface area contributed by atoms with Crippen molar-refractivity contribution in [2.45, 2.75) is 185 Å². The van der Waals surface area contributed by atoms with E-state index in [4.69, 9.17) is 5.73 Å². The Morgan fingerprint density at radius 2 is 0.766 bits per heavy atom. The van der Waals surface area contributed by atoms with E-state index < -0.39 is 40.5 Å². The minimum atomic E-state index is -5.67. The number of hydrogen-bond acceptors (Lipinski definition) is 7. The smallest absolute Gasteiger partial charge is 0.453 e. The molecule has 9 rings (SSSR count). The summed E-state index contributed by atoms with van der Waals surface area (Å²) in [5.74, 6) is -5.58. The maximum absolute atomic E-state index is 13.6. The van der Waals surface area contributed by atoms with Crippen LogP contribution in [0.2, 0.25) is 0 Å². The van der Waals surface area contributed by atoms with Crippen LogP contribution in [0.25, 0.3) is 33.4 Å². The Morgan fingerprint density at radius 3 is 1.13 bits per heavy atom. The number of allylic oxidation sites excluding steroid dienone is 6. The third-order valence-electron chi connectivity index (χ3n) is 17.9. The number of rotatable bonds is 30. The summed E-state index contributed by atoms with van der Waals surface area (Å²) in [5, 5.41) is 34.0. The lowest BCUT2D eigenvalue weighted by atomic mass is 9.89. The number of phenols is 3. The molecule has 0 amide bonds. The summed E-state index contributed by atoms with van der Waals surface area (Å²) >= 11 is 3.50. The highest BCUT2D eigenvalue weighted by molar-refractivity contribution is 9.09. The van der Waals surface area contributed by atoms with E-state index in [-0.39, 0.29) is 35.4 Å². The molecule has 94 heavy (non-hydrogen) atoms. The first-order chi connectivity index (χ1) is 45.2. The zero-order valence-electron chi connectivity index (χ0n) is 54.0. The molecule has 510 valence electrons. The molecule has 0 aliphatic heterocycles. The quantitative estimate of drug-likeness (QED) is 0.0172. The van der Waals surface area contributed by atoms with Crippen LogP contribution in [-0.2, 0) is 29.1 Å². The minimum Gasteiger partial charge on any atom is -0.508 e. The molecule has 6 aromatic rings. The van der Waals surface area contributed by atoms with Crippen LogP contribution >= 0.6 is 15.9 Å². The largest absolute Gasteiger partial charge is 0.508 e. The van der Waals surface area contributed by atoms with Crippen molar-refractivity contribution in [3.8, 4) is 17.2 Å². The Kier molecular flexibility index (Phi) is 30.3. The van der Waals surface area contributed by atoms with Crippen molar-refractivity contribution in [3.63, 3.8) is 0 Å². The molecule has 17 heteroatoms. The summed E-state index contributed by atoms with van der Waals surface area (Å²) < 4.78 is 127. The molecular weight excluding hydrogens is 1300 g/mol. The van der Waals surface area contributed by atoms with Gasteiger partial charge in [-0.3, -0.25) is 0 Å². The van der Waals surface area contributed by atoms with Crippen molar-refractivity contribution in [3.05, 3.63) is 195 Å². The van der Waals surface area contributed by atoms with Crippen LogP contribution in [0.1, 0.15) is 204 Å². The van der Waals surface area contributed by atoms with Crippen LogP contribution in [0.15, 0.2) is 127 Å². The number of halogens is 9. The Labute approximate surface area is 560 Å². The lowest BCUT2D eigenvalue weighted by Gasteiger charge is -2.19. The third-order valence-corrected chi connectivity index (χ3v) is 20.3. The van der Waals surface area contributed by atoms with E-state index >= 15 is 0 Å². The lowest BCUT2D eigenvalue weighted by Crippen LogP contribution is -2.36.